The van der Waals surface area contributed by atoms with E-state index in [-0.39, 0.29) is 11.8 Å². The molecule has 1 aliphatic rings. The van der Waals surface area contributed by atoms with Crippen molar-refractivity contribution in [1.29, 1.82) is 0 Å². The third-order valence-corrected chi connectivity index (χ3v) is 5.63. The number of benzene rings is 2. The number of anilines is 2. The second-order valence-corrected chi connectivity index (χ2v) is 7.94. The standard InChI is InChI=1S/C24H23N5O4/c1-14-11-22(30)26-20-5-4-17(13-18(14)20)25-23(31)19-12-16(24-28-27-15(2)33-24)3-6-21(19)29-7-9-32-10-8-29/h3-6,11-13H,7-10H2,1-2H3,(H,25,31)(H,26,30). The monoisotopic (exact) mass is 445 g/mol. The van der Waals surface area contributed by atoms with Crippen LogP contribution in [0.15, 0.2) is 46.9 Å². The van der Waals surface area contributed by atoms with Crippen LogP contribution in [0.1, 0.15) is 21.8 Å². The summed E-state index contributed by atoms with van der Waals surface area (Å²) < 4.78 is 11.0. The summed E-state index contributed by atoms with van der Waals surface area (Å²) in [5.74, 6) is 0.542. The molecule has 0 radical (unpaired) electrons. The van der Waals surface area contributed by atoms with Crippen molar-refractivity contribution in [2.24, 2.45) is 0 Å². The Morgan fingerprint density at radius 3 is 2.64 bits per heavy atom. The van der Waals surface area contributed by atoms with Crippen LogP contribution >= 0.6 is 0 Å². The number of hydrogen-bond acceptors (Lipinski definition) is 8. The molecule has 0 saturated carbocycles. The molecule has 2 N–H and O–H groups in total. The number of aromatic hydroxyl groups is 1. The van der Waals surface area contributed by atoms with Gasteiger partial charge in [0.1, 0.15) is 0 Å². The van der Waals surface area contributed by atoms with Crippen LogP contribution in [-0.4, -0.2) is 52.5 Å². The van der Waals surface area contributed by atoms with Gasteiger partial charge in [-0.3, -0.25) is 4.79 Å². The Hall–Kier alpha value is -3.98. The second-order valence-electron chi connectivity index (χ2n) is 7.94. The van der Waals surface area contributed by atoms with E-state index in [9.17, 15) is 9.90 Å². The van der Waals surface area contributed by atoms with Crippen molar-refractivity contribution in [3.8, 4) is 17.3 Å². The van der Waals surface area contributed by atoms with Crippen molar-refractivity contribution < 1.29 is 19.1 Å². The number of pyridine rings is 1. The Morgan fingerprint density at radius 2 is 1.88 bits per heavy atom. The highest BCUT2D eigenvalue weighted by atomic mass is 16.5. The number of carbonyl (C=O) groups excluding carboxylic acids is 1. The first-order valence-corrected chi connectivity index (χ1v) is 10.7. The Bertz CT molecular complexity index is 1340. The van der Waals surface area contributed by atoms with E-state index in [0.717, 1.165) is 16.6 Å². The molecule has 4 aromatic rings. The lowest BCUT2D eigenvalue weighted by Crippen LogP contribution is -2.37. The average molecular weight is 445 g/mol. The number of aryl methyl sites for hydroxylation is 2. The molecule has 9 nitrogen and oxygen atoms in total. The van der Waals surface area contributed by atoms with Crippen LogP contribution in [0.4, 0.5) is 11.4 Å². The topological polar surface area (TPSA) is 114 Å². The van der Waals surface area contributed by atoms with Gasteiger partial charge in [0.25, 0.3) is 5.91 Å². The van der Waals surface area contributed by atoms with Crippen LogP contribution in [0.3, 0.4) is 0 Å². The molecule has 2 aromatic heterocycles. The second kappa shape index (κ2) is 8.51. The van der Waals surface area contributed by atoms with Gasteiger partial charge in [-0.2, -0.15) is 0 Å². The smallest absolute Gasteiger partial charge is 0.257 e. The van der Waals surface area contributed by atoms with E-state index in [1.54, 1.807) is 31.2 Å². The van der Waals surface area contributed by atoms with Crippen molar-refractivity contribution >= 4 is 28.2 Å². The van der Waals surface area contributed by atoms with Crippen LogP contribution in [0.25, 0.3) is 22.4 Å². The zero-order valence-corrected chi connectivity index (χ0v) is 18.3. The summed E-state index contributed by atoms with van der Waals surface area (Å²) in [6, 6.07) is 12.6. The maximum atomic E-state index is 13.5. The number of nitrogens with zero attached hydrogens (tertiary/aromatic N) is 4. The highest BCUT2D eigenvalue weighted by Crippen LogP contribution is 2.30. The van der Waals surface area contributed by atoms with E-state index in [1.165, 1.54) is 0 Å². The largest absolute Gasteiger partial charge is 0.493 e. The molecule has 3 heterocycles. The van der Waals surface area contributed by atoms with Crippen LogP contribution in [0.2, 0.25) is 0 Å². The fourth-order valence-corrected chi connectivity index (χ4v) is 4.00. The van der Waals surface area contributed by atoms with E-state index in [1.807, 2.05) is 25.1 Å². The minimum absolute atomic E-state index is 0.0278. The molecule has 33 heavy (non-hydrogen) atoms. The molecule has 0 aliphatic carbocycles. The zero-order chi connectivity index (χ0) is 22.9. The number of amides is 1. The number of ether oxygens (including phenoxy) is 1. The Balaban J connectivity index is 1.51. The average Bonchev–Trinajstić information content (AvgIpc) is 3.26. The third kappa shape index (κ3) is 4.22. The predicted molar refractivity (Wildman–Crippen MR) is 124 cm³/mol. The van der Waals surface area contributed by atoms with Gasteiger partial charge in [0.15, 0.2) is 0 Å². The molecule has 0 bridgehead atoms. The van der Waals surface area contributed by atoms with Gasteiger partial charge in [-0.05, 0) is 48.9 Å². The molecule has 1 fully saturated rings. The SMILES string of the molecule is Cc1nnc(-c2ccc(N3CCOCC3)c(C(=O)Nc3ccc4nc(O)cc(C)c4c3)c2)o1. The molecule has 0 spiro atoms. The molecule has 0 unspecified atom stereocenters. The molecule has 168 valence electrons. The summed E-state index contributed by atoms with van der Waals surface area (Å²) in [6.07, 6.45) is 0. The van der Waals surface area contributed by atoms with Crippen molar-refractivity contribution in [3.05, 3.63) is 59.5 Å². The quantitative estimate of drug-likeness (QED) is 0.489. The highest BCUT2D eigenvalue weighted by Gasteiger charge is 2.21. The molecule has 1 amide bonds. The number of fused-ring (bicyclic) bond motifs is 1. The molecule has 2 aromatic carbocycles. The Morgan fingerprint density at radius 1 is 1.06 bits per heavy atom. The molecule has 5 rings (SSSR count). The predicted octanol–water partition coefficient (Wildman–Crippen LogP) is 3.70. The normalized spacial score (nSPS) is 13.9. The number of carbonyl (C=O) groups is 1. The molecule has 1 saturated heterocycles. The van der Waals surface area contributed by atoms with Crippen molar-refractivity contribution in [1.82, 2.24) is 15.2 Å². The van der Waals surface area contributed by atoms with E-state index >= 15 is 0 Å². The van der Waals surface area contributed by atoms with Crippen molar-refractivity contribution in [2.45, 2.75) is 13.8 Å². The lowest BCUT2D eigenvalue weighted by atomic mass is 10.1. The van der Waals surface area contributed by atoms with Crippen LogP contribution in [0, 0.1) is 13.8 Å². The van der Waals surface area contributed by atoms with Gasteiger partial charge in [-0.1, -0.05) is 0 Å². The third-order valence-electron chi connectivity index (χ3n) is 5.63. The molecule has 0 atom stereocenters. The van der Waals surface area contributed by atoms with E-state index in [2.05, 4.69) is 25.4 Å². The Kier molecular flexibility index (Phi) is 5.39. The van der Waals surface area contributed by atoms with Crippen LogP contribution in [-0.2, 0) is 4.74 Å². The van der Waals surface area contributed by atoms with Gasteiger partial charge >= 0.3 is 0 Å². The summed E-state index contributed by atoms with van der Waals surface area (Å²) >= 11 is 0. The van der Waals surface area contributed by atoms with Crippen molar-refractivity contribution in [2.75, 3.05) is 36.5 Å². The molecule has 9 heteroatoms. The van der Waals surface area contributed by atoms with Crippen LogP contribution in [0.5, 0.6) is 5.88 Å². The highest BCUT2D eigenvalue weighted by molar-refractivity contribution is 6.09. The fraction of sp³-hybridized carbons (Fsp3) is 0.250. The summed E-state index contributed by atoms with van der Waals surface area (Å²) in [4.78, 5) is 19.7. The van der Waals surface area contributed by atoms with Gasteiger partial charge in [-0.15, -0.1) is 10.2 Å². The number of nitrogens with one attached hydrogen (secondary N) is 1. The Labute approximate surface area is 190 Å². The lowest BCUT2D eigenvalue weighted by Gasteiger charge is -2.30. The first-order valence-electron chi connectivity index (χ1n) is 10.7. The summed E-state index contributed by atoms with van der Waals surface area (Å²) in [7, 11) is 0. The van der Waals surface area contributed by atoms with Gasteiger partial charge in [0.2, 0.25) is 17.7 Å². The first kappa shape index (κ1) is 20.9. The van der Waals surface area contributed by atoms with Gasteiger partial charge in [0.05, 0.1) is 24.3 Å². The van der Waals surface area contributed by atoms with E-state index < -0.39 is 0 Å². The van der Waals surface area contributed by atoms with Gasteiger partial charge in [-0.25, -0.2) is 4.98 Å². The summed E-state index contributed by atoms with van der Waals surface area (Å²) in [5.41, 5.74) is 4.16. The summed E-state index contributed by atoms with van der Waals surface area (Å²) in [6.45, 7) is 6.22. The van der Waals surface area contributed by atoms with Crippen molar-refractivity contribution in [3.63, 3.8) is 0 Å². The van der Waals surface area contributed by atoms with E-state index in [4.69, 9.17) is 9.15 Å². The number of morpholine rings is 1. The minimum atomic E-state index is -0.252. The van der Waals surface area contributed by atoms with Crippen LogP contribution < -0.4 is 10.2 Å². The number of aromatic nitrogens is 3. The van der Waals surface area contributed by atoms with Gasteiger partial charge in [0, 0.05) is 48.4 Å². The summed E-state index contributed by atoms with van der Waals surface area (Å²) in [5, 5.41) is 21.6. The molecule has 1 aliphatic heterocycles. The number of hydrogen-bond donors (Lipinski definition) is 2. The molecular formula is C24H23N5O4. The number of rotatable bonds is 4. The minimum Gasteiger partial charge on any atom is -0.493 e. The lowest BCUT2D eigenvalue weighted by molar-refractivity contribution is 0.102. The zero-order valence-electron chi connectivity index (χ0n) is 18.3. The maximum absolute atomic E-state index is 13.5. The van der Waals surface area contributed by atoms with E-state index in [0.29, 0.717) is 60.4 Å². The first-order chi connectivity index (χ1) is 16.0. The molecular weight excluding hydrogens is 422 g/mol. The maximum Gasteiger partial charge on any atom is 0.257 e. The van der Waals surface area contributed by atoms with Gasteiger partial charge < -0.3 is 24.5 Å². The fourth-order valence-electron chi connectivity index (χ4n) is 4.00.